The largest absolute Gasteiger partial charge is 0.444 e. The lowest BCUT2D eigenvalue weighted by molar-refractivity contribution is -0.122. The fourth-order valence-electron chi connectivity index (χ4n) is 2.25. The highest BCUT2D eigenvalue weighted by Gasteiger charge is 2.31. The fourth-order valence-corrected chi connectivity index (χ4v) is 2.25. The monoisotopic (exact) mass is 271 g/mol. The average Bonchev–Trinajstić information content (AvgIpc) is 2.34. The first-order chi connectivity index (χ1) is 8.87. The van der Waals surface area contributed by atoms with E-state index in [1.807, 2.05) is 27.7 Å². The second kappa shape index (κ2) is 6.89. The third-order valence-corrected chi connectivity index (χ3v) is 3.07. The number of nitrogens with zero attached hydrogens (tertiary/aromatic N) is 1. The molecule has 1 rings (SSSR count). The van der Waals surface area contributed by atoms with Gasteiger partial charge in [0.05, 0.1) is 0 Å². The van der Waals surface area contributed by atoms with Crippen molar-refractivity contribution in [3.05, 3.63) is 0 Å². The Bertz CT molecular complexity index is 311. The van der Waals surface area contributed by atoms with Crippen LogP contribution in [0, 0.1) is 5.92 Å². The van der Waals surface area contributed by atoms with Gasteiger partial charge in [0.15, 0.2) is 0 Å². The number of hydrogen-bond donors (Lipinski definition) is 0. The smallest absolute Gasteiger partial charge is 0.410 e. The third-order valence-electron chi connectivity index (χ3n) is 3.07. The van der Waals surface area contributed by atoms with Crippen LogP contribution < -0.4 is 0 Å². The van der Waals surface area contributed by atoms with Crippen molar-refractivity contribution in [2.45, 2.75) is 52.2 Å². The molecule has 0 spiro atoms. The standard InChI is InChI=1S/C14H25NO4/c1-5-18-12(10-16)11-7-6-8-15(9-11)13(17)19-14(2,3)4/h10-12H,5-9H2,1-4H3. The van der Waals surface area contributed by atoms with Gasteiger partial charge in [0.25, 0.3) is 0 Å². The Morgan fingerprint density at radius 3 is 2.68 bits per heavy atom. The zero-order valence-corrected chi connectivity index (χ0v) is 12.3. The molecule has 1 fully saturated rings. The number of aldehydes is 1. The minimum atomic E-state index is -0.492. The van der Waals surface area contributed by atoms with E-state index < -0.39 is 11.7 Å². The van der Waals surface area contributed by atoms with Crippen molar-refractivity contribution in [3.8, 4) is 0 Å². The Kier molecular flexibility index (Phi) is 5.79. The summed E-state index contributed by atoms with van der Waals surface area (Å²) >= 11 is 0. The summed E-state index contributed by atoms with van der Waals surface area (Å²) in [7, 11) is 0. The van der Waals surface area contributed by atoms with Crippen LogP contribution in [0.1, 0.15) is 40.5 Å². The van der Waals surface area contributed by atoms with E-state index in [0.717, 1.165) is 19.1 Å². The Morgan fingerprint density at radius 2 is 2.16 bits per heavy atom. The normalized spacial score (nSPS) is 21.9. The molecular formula is C14H25NO4. The Hall–Kier alpha value is -1.10. The van der Waals surface area contributed by atoms with Crippen LogP contribution in [0.15, 0.2) is 0 Å². The highest BCUT2D eigenvalue weighted by molar-refractivity contribution is 5.68. The van der Waals surface area contributed by atoms with Gasteiger partial charge in [-0.3, -0.25) is 0 Å². The van der Waals surface area contributed by atoms with Gasteiger partial charge in [-0.15, -0.1) is 0 Å². The van der Waals surface area contributed by atoms with Gasteiger partial charge in [-0.25, -0.2) is 4.79 Å². The number of carbonyl (C=O) groups is 2. The second-order valence-corrected chi connectivity index (χ2v) is 5.88. The zero-order valence-electron chi connectivity index (χ0n) is 12.3. The highest BCUT2D eigenvalue weighted by atomic mass is 16.6. The van der Waals surface area contributed by atoms with E-state index in [0.29, 0.717) is 19.7 Å². The average molecular weight is 271 g/mol. The molecule has 1 aliphatic heterocycles. The van der Waals surface area contributed by atoms with Crippen molar-refractivity contribution < 1.29 is 19.1 Å². The number of piperidine rings is 1. The summed E-state index contributed by atoms with van der Waals surface area (Å²) in [5.74, 6) is 0.0683. The Morgan fingerprint density at radius 1 is 1.47 bits per heavy atom. The summed E-state index contributed by atoms with van der Waals surface area (Å²) < 4.78 is 10.8. The molecule has 1 heterocycles. The predicted octanol–water partition coefficient (Wildman–Crippen LogP) is 2.24. The number of hydrogen-bond acceptors (Lipinski definition) is 4. The Labute approximate surface area is 115 Å². The number of carbonyl (C=O) groups excluding carboxylic acids is 2. The summed E-state index contributed by atoms with van der Waals surface area (Å²) in [6.45, 7) is 9.13. The molecule has 0 aliphatic carbocycles. The van der Waals surface area contributed by atoms with Crippen LogP contribution in [0.3, 0.4) is 0 Å². The van der Waals surface area contributed by atoms with E-state index in [1.54, 1.807) is 4.90 Å². The van der Waals surface area contributed by atoms with Gasteiger partial charge in [0.2, 0.25) is 0 Å². The van der Waals surface area contributed by atoms with E-state index in [4.69, 9.17) is 9.47 Å². The van der Waals surface area contributed by atoms with Crippen molar-refractivity contribution in [1.82, 2.24) is 4.90 Å². The SMILES string of the molecule is CCOC(C=O)C1CCCN(C(=O)OC(C)(C)C)C1. The molecule has 0 aromatic heterocycles. The van der Waals surface area contributed by atoms with E-state index in [1.165, 1.54) is 0 Å². The van der Waals surface area contributed by atoms with Gasteiger partial charge in [-0.05, 0) is 40.5 Å². The van der Waals surface area contributed by atoms with Gasteiger partial charge in [-0.2, -0.15) is 0 Å². The van der Waals surface area contributed by atoms with Crippen LogP contribution in [-0.4, -0.2) is 48.7 Å². The number of rotatable bonds is 4. The summed E-state index contributed by atoms with van der Waals surface area (Å²) in [6.07, 6.45) is 1.89. The van der Waals surface area contributed by atoms with Gasteiger partial charge >= 0.3 is 6.09 Å². The molecule has 19 heavy (non-hydrogen) atoms. The molecule has 2 unspecified atom stereocenters. The van der Waals surface area contributed by atoms with Crippen molar-refractivity contribution in [1.29, 1.82) is 0 Å². The van der Waals surface area contributed by atoms with Crippen LogP contribution >= 0.6 is 0 Å². The molecule has 0 aromatic carbocycles. The van der Waals surface area contributed by atoms with E-state index in [9.17, 15) is 9.59 Å². The van der Waals surface area contributed by atoms with Crippen LogP contribution in [0.5, 0.6) is 0 Å². The number of likely N-dealkylation sites (tertiary alicyclic amines) is 1. The minimum absolute atomic E-state index is 0.0683. The molecule has 5 heteroatoms. The zero-order chi connectivity index (χ0) is 14.5. The molecule has 0 aromatic rings. The van der Waals surface area contributed by atoms with Gasteiger partial charge < -0.3 is 19.2 Å². The van der Waals surface area contributed by atoms with Crippen LogP contribution in [0.25, 0.3) is 0 Å². The summed E-state index contributed by atoms with van der Waals surface area (Å²) in [5.41, 5.74) is -0.492. The maximum atomic E-state index is 12.0. The first-order valence-electron chi connectivity index (χ1n) is 6.92. The summed E-state index contributed by atoms with van der Waals surface area (Å²) in [4.78, 5) is 24.7. The van der Waals surface area contributed by atoms with Crippen molar-refractivity contribution in [3.63, 3.8) is 0 Å². The maximum absolute atomic E-state index is 12.0. The molecule has 110 valence electrons. The lowest BCUT2D eigenvalue weighted by atomic mass is 9.93. The lowest BCUT2D eigenvalue weighted by Gasteiger charge is -2.35. The van der Waals surface area contributed by atoms with E-state index in [2.05, 4.69) is 0 Å². The van der Waals surface area contributed by atoms with Crippen LogP contribution in [-0.2, 0) is 14.3 Å². The highest BCUT2D eigenvalue weighted by Crippen LogP contribution is 2.22. The molecule has 5 nitrogen and oxygen atoms in total. The molecule has 0 radical (unpaired) electrons. The van der Waals surface area contributed by atoms with Crippen LogP contribution in [0.4, 0.5) is 4.79 Å². The minimum Gasteiger partial charge on any atom is -0.444 e. The molecule has 1 saturated heterocycles. The molecule has 2 atom stereocenters. The topological polar surface area (TPSA) is 55.8 Å². The quantitative estimate of drug-likeness (QED) is 0.736. The predicted molar refractivity (Wildman–Crippen MR) is 72.0 cm³/mol. The lowest BCUT2D eigenvalue weighted by Crippen LogP contribution is -2.46. The summed E-state index contributed by atoms with van der Waals surface area (Å²) in [5, 5.41) is 0. The molecule has 0 bridgehead atoms. The molecule has 1 aliphatic rings. The first-order valence-corrected chi connectivity index (χ1v) is 6.92. The van der Waals surface area contributed by atoms with E-state index >= 15 is 0 Å². The number of ether oxygens (including phenoxy) is 2. The summed E-state index contributed by atoms with van der Waals surface area (Å²) in [6, 6.07) is 0. The van der Waals surface area contributed by atoms with Crippen molar-refractivity contribution in [2.24, 2.45) is 5.92 Å². The van der Waals surface area contributed by atoms with Gasteiger partial charge in [-0.1, -0.05) is 0 Å². The fraction of sp³-hybridized carbons (Fsp3) is 0.857. The maximum Gasteiger partial charge on any atom is 0.410 e. The van der Waals surface area contributed by atoms with Crippen molar-refractivity contribution in [2.75, 3.05) is 19.7 Å². The first kappa shape index (κ1) is 16.0. The number of amides is 1. The molecule has 1 amide bonds. The van der Waals surface area contributed by atoms with E-state index in [-0.39, 0.29) is 12.0 Å². The molecule has 0 N–H and O–H groups in total. The third kappa shape index (κ3) is 5.19. The molecule has 0 saturated carbocycles. The van der Waals surface area contributed by atoms with Gasteiger partial charge in [0.1, 0.15) is 18.0 Å². The van der Waals surface area contributed by atoms with Crippen molar-refractivity contribution >= 4 is 12.4 Å². The molecular weight excluding hydrogens is 246 g/mol. The van der Waals surface area contributed by atoms with Crippen LogP contribution in [0.2, 0.25) is 0 Å². The second-order valence-electron chi connectivity index (χ2n) is 5.88. The Balaban J connectivity index is 2.58. The van der Waals surface area contributed by atoms with Gasteiger partial charge in [0, 0.05) is 25.6 Å².